The number of benzene rings is 1. The molecular formula is C13H19BrFN. The van der Waals surface area contributed by atoms with Crippen LogP contribution in [0.1, 0.15) is 32.8 Å². The fraction of sp³-hybridized carbons (Fsp3) is 0.538. The van der Waals surface area contributed by atoms with Crippen molar-refractivity contribution in [3.05, 3.63) is 34.1 Å². The standard InChI is InChI=1S/C13H19BrFN/c1-13(2,3)4-5-16-9-10-6-11(14)8-12(15)7-10/h6-8,16H,4-5,9H2,1-3H3. The van der Waals surface area contributed by atoms with Crippen LogP contribution in [0.15, 0.2) is 22.7 Å². The summed E-state index contributed by atoms with van der Waals surface area (Å²) in [5.41, 5.74) is 1.32. The summed E-state index contributed by atoms with van der Waals surface area (Å²) in [5, 5.41) is 3.33. The third-order valence-corrected chi connectivity index (χ3v) is 2.76. The van der Waals surface area contributed by atoms with E-state index in [1.807, 2.05) is 6.07 Å². The lowest BCUT2D eigenvalue weighted by molar-refractivity contribution is 0.366. The quantitative estimate of drug-likeness (QED) is 0.822. The highest BCUT2D eigenvalue weighted by atomic mass is 79.9. The van der Waals surface area contributed by atoms with Gasteiger partial charge < -0.3 is 5.32 Å². The fourth-order valence-corrected chi connectivity index (χ4v) is 1.92. The molecule has 0 radical (unpaired) electrons. The van der Waals surface area contributed by atoms with E-state index in [0.29, 0.717) is 12.0 Å². The van der Waals surface area contributed by atoms with Gasteiger partial charge in [0, 0.05) is 11.0 Å². The lowest BCUT2D eigenvalue weighted by Crippen LogP contribution is -2.20. The summed E-state index contributed by atoms with van der Waals surface area (Å²) in [5.74, 6) is -0.193. The van der Waals surface area contributed by atoms with Gasteiger partial charge in [0.2, 0.25) is 0 Å². The van der Waals surface area contributed by atoms with Gasteiger partial charge in [0.25, 0.3) is 0 Å². The van der Waals surface area contributed by atoms with Crippen LogP contribution >= 0.6 is 15.9 Å². The van der Waals surface area contributed by atoms with Crippen LogP contribution < -0.4 is 5.32 Å². The van der Waals surface area contributed by atoms with E-state index in [4.69, 9.17) is 0 Å². The SMILES string of the molecule is CC(C)(C)CCNCc1cc(F)cc(Br)c1. The molecule has 0 amide bonds. The van der Waals surface area contributed by atoms with E-state index in [-0.39, 0.29) is 5.82 Å². The molecule has 3 heteroatoms. The lowest BCUT2D eigenvalue weighted by Gasteiger charge is -2.18. The van der Waals surface area contributed by atoms with E-state index in [0.717, 1.165) is 23.0 Å². The van der Waals surface area contributed by atoms with E-state index in [9.17, 15) is 4.39 Å². The van der Waals surface area contributed by atoms with Crippen molar-refractivity contribution in [2.24, 2.45) is 5.41 Å². The van der Waals surface area contributed by atoms with Crippen LogP contribution in [0.2, 0.25) is 0 Å². The Labute approximate surface area is 106 Å². The van der Waals surface area contributed by atoms with Gasteiger partial charge in [-0.25, -0.2) is 4.39 Å². The highest BCUT2D eigenvalue weighted by molar-refractivity contribution is 9.10. The summed E-state index contributed by atoms with van der Waals surface area (Å²) in [7, 11) is 0. The molecule has 1 rings (SSSR count). The van der Waals surface area contributed by atoms with Crippen molar-refractivity contribution in [2.45, 2.75) is 33.7 Å². The Hall–Kier alpha value is -0.410. The molecule has 0 heterocycles. The maximum absolute atomic E-state index is 13.1. The van der Waals surface area contributed by atoms with Crippen molar-refractivity contribution in [3.63, 3.8) is 0 Å². The minimum atomic E-state index is -0.193. The van der Waals surface area contributed by atoms with Gasteiger partial charge in [-0.1, -0.05) is 36.7 Å². The molecule has 16 heavy (non-hydrogen) atoms. The average molecular weight is 288 g/mol. The van der Waals surface area contributed by atoms with Crippen molar-refractivity contribution >= 4 is 15.9 Å². The van der Waals surface area contributed by atoms with Crippen LogP contribution in [-0.2, 0) is 6.54 Å². The molecule has 1 aromatic carbocycles. The van der Waals surface area contributed by atoms with Gasteiger partial charge in [-0.2, -0.15) is 0 Å². The van der Waals surface area contributed by atoms with Crippen LogP contribution in [0.25, 0.3) is 0 Å². The molecule has 0 saturated heterocycles. The van der Waals surface area contributed by atoms with Gasteiger partial charge in [-0.05, 0) is 42.1 Å². The molecule has 0 fully saturated rings. The topological polar surface area (TPSA) is 12.0 Å². The Kier molecular flexibility index (Phi) is 4.93. The number of rotatable bonds is 4. The van der Waals surface area contributed by atoms with Crippen molar-refractivity contribution in [2.75, 3.05) is 6.54 Å². The smallest absolute Gasteiger partial charge is 0.124 e. The van der Waals surface area contributed by atoms with Crippen molar-refractivity contribution in [1.29, 1.82) is 0 Å². The van der Waals surface area contributed by atoms with Crippen molar-refractivity contribution in [3.8, 4) is 0 Å². The molecule has 0 aliphatic carbocycles. The van der Waals surface area contributed by atoms with Gasteiger partial charge in [-0.3, -0.25) is 0 Å². The van der Waals surface area contributed by atoms with Crippen LogP contribution in [-0.4, -0.2) is 6.54 Å². The molecule has 0 aromatic heterocycles. The Balaban J connectivity index is 2.37. The van der Waals surface area contributed by atoms with Crippen LogP contribution in [0.5, 0.6) is 0 Å². The second-order valence-corrected chi connectivity index (χ2v) is 6.18. The number of hydrogen-bond acceptors (Lipinski definition) is 1. The van der Waals surface area contributed by atoms with Crippen LogP contribution in [0.4, 0.5) is 4.39 Å². The van der Waals surface area contributed by atoms with Gasteiger partial charge in [0.15, 0.2) is 0 Å². The molecule has 90 valence electrons. The maximum Gasteiger partial charge on any atom is 0.124 e. The van der Waals surface area contributed by atoms with E-state index in [1.54, 1.807) is 6.07 Å². The zero-order valence-electron chi connectivity index (χ0n) is 10.1. The van der Waals surface area contributed by atoms with E-state index < -0.39 is 0 Å². The highest BCUT2D eigenvalue weighted by Gasteiger charge is 2.08. The van der Waals surface area contributed by atoms with Crippen molar-refractivity contribution < 1.29 is 4.39 Å². The summed E-state index contributed by atoms with van der Waals surface area (Å²) >= 11 is 3.29. The van der Waals surface area contributed by atoms with Crippen molar-refractivity contribution in [1.82, 2.24) is 5.32 Å². The predicted molar refractivity (Wildman–Crippen MR) is 69.9 cm³/mol. The molecular weight excluding hydrogens is 269 g/mol. The Morgan fingerprint density at radius 1 is 1.25 bits per heavy atom. The monoisotopic (exact) mass is 287 g/mol. The number of nitrogens with one attached hydrogen (secondary N) is 1. The minimum absolute atomic E-state index is 0.193. The predicted octanol–water partition coefficient (Wildman–Crippen LogP) is 4.11. The van der Waals surface area contributed by atoms with E-state index in [2.05, 4.69) is 42.0 Å². The van der Waals surface area contributed by atoms with Gasteiger partial charge >= 0.3 is 0 Å². The molecule has 1 aromatic rings. The number of halogens is 2. The molecule has 0 atom stereocenters. The molecule has 0 aliphatic rings. The Morgan fingerprint density at radius 2 is 1.94 bits per heavy atom. The van der Waals surface area contributed by atoms with Crippen LogP contribution in [0, 0.1) is 11.2 Å². The zero-order chi connectivity index (χ0) is 12.2. The summed E-state index contributed by atoms with van der Waals surface area (Å²) in [6.45, 7) is 8.32. The van der Waals surface area contributed by atoms with Crippen LogP contribution in [0.3, 0.4) is 0 Å². The minimum Gasteiger partial charge on any atom is -0.313 e. The Morgan fingerprint density at radius 3 is 2.50 bits per heavy atom. The van der Waals surface area contributed by atoms with E-state index >= 15 is 0 Å². The van der Waals surface area contributed by atoms with E-state index in [1.165, 1.54) is 6.07 Å². The molecule has 0 bridgehead atoms. The first-order chi connectivity index (χ1) is 7.37. The third-order valence-electron chi connectivity index (χ3n) is 2.30. The summed E-state index contributed by atoms with van der Waals surface area (Å²) < 4.78 is 13.9. The first-order valence-electron chi connectivity index (χ1n) is 5.52. The maximum atomic E-state index is 13.1. The largest absolute Gasteiger partial charge is 0.313 e. The summed E-state index contributed by atoms with van der Waals surface area (Å²) in [6.07, 6.45) is 1.11. The van der Waals surface area contributed by atoms with Gasteiger partial charge in [0.1, 0.15) is 5.82 Å². The average Bonchev–Trinajstić information content (AvgIpc) is 2.09. The first-order valence-corrected chi connectivity index (χ1v) is 6.32. The summed E-state index contributed by atoms with van der Waals surface area (Å²) in [6, 6.07) is 4.97. The molecule has 1 N–H and O–H groups in total. The van der Waals surface area contributed by atoms with Gasteiger partial charge in [0.05, 0.1) is 0 Å². The molecule has 0 aliphatic heterocycles. The highest BCUT2D eigenvalue weighted by Crippen LogP contribution is 2.17. The molecule has 0 unspecified atom stereocenters. The zero-order valence-corrected chi connectivity index (χ0v) is 11.7. The number of hydrogen-bond donors (Lipinski definition) is 1. The molecule has 0 spiro atoms. The lowest BCUT2D eigenvalue weighted by atomic mass is 9.92. The Bertz CT molecular complexity index is 324. The molecule has 1 nitrogen and oxygen atoms in total. The second kappa shape index (κ2) is 5.78. The van der Waals surface area contributed by atoms with Gasteiger partial charge in [-0.15, -0.1) is 0 Å². The second-order valence-electron chi connectivity index (χ2n) is 5.27. The third kappa shape index (κ3) is 5.61. The normalized spacial score (nSPS) is 11.8. The molecule has 0 saturated carbocycles. The summed E-state index contributed by atoms with van der Waals surface area (Å²) in [4.78, 5) is 0. The fourth-order valence-electron chi connectivity index (χ4n) is 1.41. The first kappa shape index (κ1) is 13.7.